The van der Waals surface area contributed by atoms with Gasteiger partial charge >= 0.3 is 0 Å². The highest BCUT2D eigenvalue weighted by Gasteiger charge is 2.30. The minimum Gasteiger partial charge on any atom is -0.490 e. The van der Waals surface area contributed by atoms with Crippen molar-refractivity contribution in [3.63, 3.8) is 0 Å². The third-order valence-corrected chi connectivity index (χ3v) is 5.62. The SMILES string of the molecule is C[C](C(N)=O)c1ccc2cc(OC3CCC(C(C)(C)C)CC3)ccc2n1. The topological polar surface area (TPSA) is 65.2 Å². The third-order valence-electron chi connectivity index (χ3n) is 5.62. The highest BCUT2D eigenvalue weighted by atomic mass is 16.5. The molecule has 3 rings (SSSR count). The normalized spacial score (nSPS) is 21.1. The van der Waals surface area contributed by atoms with Gasteiger partial charge in [0.1, 0.15) is 11.7 Å². The Morgan fingerprint density at radius 1 is 1.12 bits per heavy atom. The van der Waals surface area contributed by atoms with E-state index in [0.717, 1.165) is 35.4 Å². The first-order valence-corrected chi connectivity index (χ1v) is 9.45. The molecule has 0 spiro atoms. The van der Waals surface area contributed by atoms with E-state index in [1.54, 1.807) is 6.92 Å². The number of amides is 1. The van der Waals surface area contributed by atoms with Crippen LogP contribution >= 0.6 is 0 Å². The molecular formula is C22H29N2O2. The van der Waals surface area contributed by atoms with Gasteiger partial charge in [0.15, 0.2) is 0 Å². The van der Waals surface area contributed by atoms with Crippen molar-refractivity contribution in [1.82, 2.24) is 4.98 Å². The fourth-order valence-corrected chi connectivity index (χ4v) is 3.75. The molecule has 1 amide bonds. The van der Waals surface area contributed by atoms with Crippen LogP contribution in [0.4, 0.5) is 0 Å². The quantitative estimate of drug-likeness (QED) is 0.870. The maximum atomic E-state index is 11.3. The number of carbonyl (C=O) groups is 1. The summed E-state index contributed by atoms with van der Waals surface area (Å²) in [6, 6.07) is 9.74. The molecule has 0 unspecified atom stereocenters. The number of aromatic nitrogens is 1. The smallest absolute Gasteiger partial charge is 0.230 e. The fourth-order valence-electron chi connectivity index (χ4n) is 3.75. The molecule has 1 radical (unpaired) electrons. The average Bonchev–Trinajstić information content (AvgIpc) is 2.60. The van der Waals surface area contributed by atoms with Crippen molar-refractivity contribution in [2.24, 2.45) is 17.1 Å². The van der Waals surface area contributed by atoms with Gasteiger partial charge in [-0.15, -0.1) is 0 Å². The molecule has 139 valence electrons. The first-order valence-electron chi connectivity index (χ1n) is 9.45. The Morgan fingerprint density at radius 3 is 2.42 bits per heavy atom. The number of rotatable bonds is 4. The molecule has 1 aliphatic carbocycles. The molecule has 26 heavy (non-hydrogen) atoms. The minimum atomic E-state index is -0.442. The summed E-state index contributed by atoms with van der Waals surface area (Å²) in [5.41, 5.74) is 7.19. The highest BCUT2D eigenvalue weighted by Crippen LogP contribution is 2.38. The highest BCUT2D eigenvalue weighted by molar-refractivity contribution is 5.92. The molecule has 1 heterocycles. The Morgan fingerprint density at radius 2 is 1.81 bits per heavy atom. The van der Waals surface area contributed by atoms with Gasteiger partial charge in [-0.25, -0.2) is 0 Å². The molecule has 1 aromatic carbocycles. The van der Waals surface area contributed by atoms with Gasteiger partial charge in [-0.3, -0.25) is 9.78 Å². The van der Waals surface area contributed by atoms with E-state index < -0.39 is 5.91 Å². The van der Waals surface area contributed by atoms with Gasteiger partial charge < -0.3 is 10.5 Å². The van der Waals surface area contributed by atoms with Gasteiger partial charge in [0.2, 0.25) is 5.91 Å². The maximum Gasteiger partial charge on any atom is 0.230 e. The van der Waals surface area contributed by atoms with Crippen molar-refractivity contribution < 1.29 is 9.53 Å². The van der Waals surface area contributed by atoms with E-state index in [2.05, 4.69) is 25.8 Å². The zero-order valence-corrected chi connectivity index (χ0v) is 16.2. The van der Waals surface area contributed by atoms with Gasteiger partial charge in [-0.05, 0) is 68.2 Å². The largest absolute Gasteiger partial charge is 0.490 e. The zero-order valence-electron chi connectivity index (χ0n) is 16.2. The summed E-state index contributed by atoms with van der Waals surface area (Å²) in [5, 5.41) is 1.01. The van der Waals surface area contributed by atoms with Crippen LogP contribution in [-0.2, 0) is 4.79 Å². The van der Waals surface area contributed by atoms with Crippen LogP contribution in [0.25, 0.3) is 10.9 Å². The number of carbonyl (C=O) groups excluding carboxylic acids is 1. The molecule has 2 N–H and O–H groups in total. The molecule has 4 heteroatoms. The van der Waals surface area contributed by atoms with E-state index >= 15 is 0 Å². The number of fused-ring (bicyclic) bond motifs is 1. The average molecular weight is 353 g/mol. The van der Waals surface area contributed by atoms with Crippen LogP contribution in [0.5, 0.6) is 5.75 Å². The second-order valence-corrected chi connectivity index (χ2v) is 8.50. The standard InChI is InChI=1S/C22H29N2O2/c1-14(21(23)25)19-11-5-15-13-18(10-12-20(15)24-19)26-17-8-6-16(7-9-17)22(2,3)4/h5,10-13,16-17H,6-9H2,1-4H3,(H2,23,25). The molecule has 2 aromatic rings. The predicted octanol–water partition coefficient (Wildman–Crippen LogP) is 4.65. The Bertz CT molecular complexity index is 786. The summed E-state index contributed by atoms with van der Waals surface area (Å²) in [7, 11) is 0. The minimum absolute atomic E-state index is 0.295. The van der Waals surface area contributed by atoms with Gasteiger partial charge in [0.05, 0.1) is 17.3 Å². The van der Waals surface area contributed by atoms with E-state index in [1.165, 1.54) is 12.8 Å². The van der Waals surface area contributed by atoms with E-state index in [9.17, 15) is 4.79 Å². The molecule has 1 aromatic heterocycles. The number of nitrogens with two attached hydrogens (primary N) is 1. The van der Waals surface area contributed by atoms with Crippen LogP contribution in [0.1, 0.15) is 59.1 Å². The monoisotopic (exact) mass is 353 g/mol. The number of hydrogen-bond donors (Lipinski definition) is 1. The first kappa shape index (κ1) is 18.7. The lowest BCUT2D eigenvalue weighted by molar-refractivity contribution is -0.115. The molecular weight excluding hydrogens is 324 g/mol. The van der Waals surface area contributed by atoms with Crippen LogP contribution in [0.15, 0.2) is 30.3 Å². The first-order chi connectivity index (χ1) is 12.2. The van der Waals surface area contributed by atoms with Crippen molar-refractivity contribution >= 4 is 16.8 Å². The van der Waals surface area contributed by atoms with Crippen LogP contribution in [0, 0.1) is 17.3 Å². The van der Waals surface area contributed by atoms with Crippen LogP contribution < -0.4 is 10.5 Å². The molecule has 1 aliphatic rings. The van der Waals surface area contributed by atoms with Crippen LogP contribution in [0.2, 0.25) is 0 Å². The number of hydrogen-bond acceptors (Lipinski definition) is 3. The molecule has 0 aliphatic heterocycles. The van der Waals surface area contributed by atoms with Gasteiger partial charge in [-0.2, -0.15) is 0 Å². The summed E-state index contributed by atoms with van der Waals surface area (Å²) < 4.78 is 6.23. The Kier molecular flexibility index (Phi) is 5.22. The lowest BCUT2D eigenvalue weighted by Crippen LogP contribution is -2.30. The summed E-state index contributed by atoms with van der Waals surface area (Å²) in [4.78, 5) is 15.8. The Labute approximate surface area is 156 Å². The third kappa shape index (κ3) is 4.17. The summed E-state index contributed by atoms with van der Waals surface area (Å²) in [6.45, 7) is 8.70. The van der Waals surface area contributed by atoms with E-state index in [-0.39, 0.29) is 0 Å². The van der Waals surface area contributed by atoms with Gasteiger partial charge in [0, 0.05) is 5.39 Å². The maximum absolute atomic E-state index is 11.3. The Hall–Kier alpha value is -2.10. The zero-order chi connectivity index (χ0) is 18.9. The van der Waals surface area contributed by atoms with Crippen molar-refractivity contribution in [3.8, 4) is 5.75 Å². The summed E-state index contributed by atoms with van der Waals surface area (Å²) >= 11 is 0. The molecule has 1 saturated carbocycles. The second kappa shape index (κ2) is 7.26. The van der Waals surface area contributed by atoms with Crippen molar-refractivity contribution in [1.29, 1.82) is 0 Å². The molecule has 0 bridgehead atoms. The van der Waals surface area contributed by atoms with Gasteiger partial charge in [0.25, 0.3) is 0 Å². The van der Waals surface area contributed by atoms with E-state index in [0.29, 0.717) is 23.1 Å². The summed E-state index contributed by atoms with van der Waals surface area (Å²) in [5.74, 6) is 1.71. The molecule has 0 atom stereocenters. The molecule has 4 nitrogen and oxygen atoms in total. The van der Waals surface area contributed by atoms with Crippen LogP contribution in [-0.4, -0.2) is 17.0 Å². The van der Waals surface area contributed by atoms with E-state index in [1.807, 2.05) is 30.3 Å². The van der Waals surface area contributed by atoms with Crippen LogP contribution in [0.3, 0.4) is 0 Å². The fraction of sp³-hybridized carbons (Fsp3) is 0.500. The lowest BCUT2D eigenvalue weighted by Gasteiger charge is -2.36. The Balaban J connectivity index is 1.68. The van der Waals surface area contributed by atoms with E-state index in [4.69, 9.17) is 10.5 Å². The lowest BCUT2D eigenvalue weighted by atomic mass is 9.72. The number of nitrogens with zero attached hydrogens (tertiary/aromatic N) is 1. The van der Waals surface area contributed by atoms with Crippen molar-refractivity contribution in [2.75, 3.05) is 0 Å². The summed E-state index contributed by atoms with van der Waals surface area (Å²) in [6.07, 6.45) is 4.99. The molecule has 1 fully saturated rings. The predicted molar refractivity (Wildman–Crippen MR) is 105 cm³/mol. The second-order valence-electron chi connectivity index (χ2n) is 8.50. The number of benzene rings is 1. The van der Waals surface area contributed by atoms with Crippen molar-refractivity contribution in [2.45, 2.75) is 59.5 Å². The van der Waals surface area contributed by atoms with Gasteiger partial charge in [-0.1, -0.05) is 26.8 Å². The number of primary amides is 1. The van der Waals surface area contributed by atoms with Crippen molar-refractivity contribution in [3.05, 3.63) is 41.9 Å². The molecule has 0 saturated heterocycles. The number of pyridine rings is 1. The number of ether oxygens (including phenoxy) is 1.